The third kappa shape index (κ3) is 1.89. The van der Waals surface area contributed by atoms with Crippen molar-refractivity contribution in [3.8, 4) is 0 Å². The predicted molar refractivity (Wildman–Crippen MR) is 65.9 cm³/mol. The van der Waals surface area contributed by atoms with Crippen LogP contribution in [0.15, 0.2) is 29.3 Å². The molecule has 0 aromatic heterocycles. The summed E-state index contributed by atoms with van der Waals surface area (Å²) in [4.78, 5) is 29.9. The Labute approximate surface area is 109 Å². The molecule has 2 aliphatic rings. The summed E-state index contributed by atoms with van der Waals surface area (Å²) in [6.07, 6.45) is 0.745. The number of halogens is 1. The van der Waals surface area contributed by atoms with E-state index in [1.165, 1.54) is 23.1 Å². The molecule has 98 valence electrons. The average Bonchev–Trinajstić information content (AvgIpc) is 2.41. The van der Waals surface area contributed by atoms with Gasteiger partial charge in [-0.15, -0.1) is 0 Å². The molecule has 1 unspecified atom stereocenters. The average molecular weight is 261 g/mol. The molecule has 0 bridgehead atoms. The van der Waals surface area contributed by atoms with E-state index in [9.17, 15) is 14.0 Å². The zero-order valence-electron chi connectivity index (χ0n) is 10.1. The zero-order chi connectivity index (χ0) is 13.4. The number of rotatable bonds is 1. The molecule has 2 heterocycles. The first-order valence-corrected chi connectivity index (χ1v) is 6.09. The summed E-state index contributed by atoms with van der Waals surface area (Å²) in [7, 11) is 0. The van der Waals surface area contributed by atoms with Crippen LogP contribution in [0, 0.1) is 5.82 Å². The summed E-state index contributed by atoms with van der Waals surface area (Å²) in [5, 5.41) is 2.57. The number of nitrogens with zero attached hydrogens (tertiary/aromatic N) is 2. The Hall–Kier alpha value is -2.24. The number of nitrogens with one attached hydrogen (secondary N) is 1. The number of hydrogen-bond acceptors (Lipinski definition) is 3. The topological polar surface area (TPSA) is 61.8 Å². The number of carbonyl (C=O) groups excluding carboxylic acids is 2. The molecule has 2 aliphatic heterocycles. The van der Waals surface area contributed by atoms with Gasteiger partial charge >= 0.3 is 0 Å². The van der Waals surface area contributed by atoms with E-state index in [1.54, 1.807) is 6.07 Å². The van der Waals surface area contributed by atoms with Crippen LogP contribution < -0.4 is 5.32 Å². The monoisotopic (exact) mass is 261 g/mol. The molecule has 1 saturated heterocycles. The Balaban J connectivity index is 2.01. The Bertz CT molecular complexity index is 585. The van der Waals surface area contributed by atoms with Gasteiger partial charge in [-0.2, -0.15) is 0 Å². The lowest BCUT2D eigenvalue weighted by molar-refractivity contribution is -0.137. The van der Waals surface area contributed by atoms with Crippen molar-refractivity contribution >= 4 is 17.8 Å². The highest BCUT2D eigenvalue weighted by Crippen LogP contribution is 2.25. The van der Waals surface area contributed by atoms with Gasteiger partial charge in [-0.3, -0.25) is 24.8 Å². The van der Waals surface area contributed by atoms with Crippen LogP contribution in [-0.2, 0) is 9.59 Å². The molecule has 1 fully saturated rings. The van der Waals surface area contributed by atoms with E-state index in [-0.39, 0.29) is 11.5 Å². The molecule has 1 aromatic carbocycles. The number of amides is 2. The Morgan fingerprint density at radius 3 is 2.89 bits per heavy atom. The van der Waals surface area contributed by atoms with Crippen LogP contribution in [0.25, 0.3) is 0 Å². The third-order valence-corrected chi connectivity index (χ3v) is 3.28. The highest BCUT2D eigenvalue weighted by molar-refractivity contribution is 6.20. The van der Waals surface area contributed by atoms with Crippen molar-refractivity contribution < 1.29 is 14.0 Å². The standard InChI is InChI=1S/C13H12FN3O2/c14-9-5-2-1-4-8(9)10-11(18)16-13-15-6-3-7-17(13)12(10)19/h1-2,4-5,10H,3,6-7H2,(H,15,16,18). The maximum Gasteiger partial charge on any atom is 0.246 e. The van der Waals surface area contributed by atoms with Gasteiger partial charge in [-0.1, -0.05) is 18.2 Å². The van der Waals surface area contributed by atoms with Crippen LogP contribution in [0.2, 0.25) is 0 Å². The molecular formula is C13H12FN3O2. The minimum atomic E-state index is -1.13. The molecule has 5 nitrogen and oxygen atoms in total. The molecule has 1 aromatic rings. The fourth-order valence-corrected chi connectivity index (χ4v) is 2.36. The van der Waals surface area contributed by atoms with Gasteiger partial charge in [-0.25, -0.2) is 4.39 Å². The summed E-state index contributed by atoms with van der Waals surface area (Å²) >= 11 is 0. The van der Waals surface area contributed by atoms with Crippen LogP contribution in [0.5, 0.6) is 0 Å². The second-order valence-corrected chi connectivity index (χ2v) is 4.49. The lowest BCUT2D eigenvalue weighted by Gasteiger charge is -2.35. The molecule has 0 saturated carbocycles. The number of aliphatic imine (C=N–C) groups is 1. The third-order valence-electron chi connectivity index (χ3n) is 3.28. The van der Waals surface area contributed by atoms with E-state index in [4.69, 9.17) is 0 Å². The van der Waals surface area contributed by atoms with E-state index in [0.29, 0.717) is 13.1 Å². The van der Waals surface area contributed by atoms with Gasteiger partial charge in [-0.05, 0) is 12.5 Å². The highest BCUT2D eigenvalue weighted by atomic mass is 19.1. The first-order valence-electron chi connectivity index (χ1n) is 6.09. The Morgan fingerprint density at radius 1 is 1.32 bits per heavy atom. The lowest BCUT2D eigenvalue weighted by Crippen LogP contribution is -2.59. The second-order valence-electron chi connectivity index (χ2n) is 4.49. The number of guanidine groups is 1. The molecule has 0 aliphatic carbocycles. The quantitative estimate of drug-likeness (QED) is 0.754. The number of benzene rings is 1. The van der Waals surface area contributed by atoms with Crippen molar-refractivity contribution in [3.63, 3.8) is 0 Å². The SMILES string of the molecule is O=C1NC2=NCCCN2C(=O)C1c1ccccc1F. The zero-order valence-corrected chi connectivity index (χ0v) is 10.1. The maximum absolute atomic E-state index is 13.8. The van der Waals surface area contributed by atoms with Crippen LogP contribution in [0.3, 0.4) is 0 Å². The first-order chi connectivity index (χ1) is 9.18. The van der Waals surface area contributed by atoms with E-state index in [2.05, 4.69) is 10.3 Å². The van der Waals surface area contributed by atoms with E-state index in [1.807, 2.05) is 0 Å². The number of fused-ring (bicyclic) bond motifs is 1. The maximum atomic E-state index is 13.8. The Morgan fingerprint density at radius 2 is 2.11 bits per heavy atom. The summed E-state index contributed by atoms with van der Waals surface area (Å²) in [6.45, 7) is 1.09. The highest BCUT2D eigenvalue weighted by Gasteiger charge is 2.41. The summed E-state index contributed by atoms with van der Waals surface area (Å²) in [5.41, 5.74) is 0.106. The van der Waals surface area contributed by atoms with Crippen molar-refractivity contribution in [2.75, 3.05) is 13.1 Å². The number of hydrogen-bond donors (Lipinski definition) is 1. The van der Waals surface area contributed by atoms with Crippen molar-refractivity contribution in [3.05, 3.63) is 35.6 Å². The first kappa shape index (κ1) is 11.8. The van der Waals surface area contributed by atoms with Crippen LogP contribution in [-0.4, -0.2) is 35.8 Å². The van der Waals surface area contributed by atoms with Gasteiger partial charge in [0.1, 0.15) is 11.7 Å². The van der Waals surface area contributed by atoms with Crippen LogP contribution in [0.1, 0.15) is 17.9 Å². The smallest absolute Gasteiger partial charge is 0.246 e. The van der Waals surface area contributed by atoms with Crippen molar-refractivity contribution in [1.29, 1.82) is 0 Å². The van der Waals surface area contributed by atoms with Gasteiger partial charge < -0.3 is 0 Å². The molecule has 3 rings (SSSR count). The molecule has 6 heteroatoms. The van der Waals surface area contributed by atoms with Crippen molar-refractivity contribution in [2.45, 2.75) is 12.3 Å². The normalized spacial score (nSPS) is 22.7. The van der Waals surface area contributed by atoms with E-state index >= 15 is 0 Å². The second kappa shape index (κ2) is 4.46. The summed E-state index contributed by atoms with van der Waals surface area (Å²) in [6, 6.07) is 5.84. The van der Waals surface area contributed by atoms with Gasteiger partial charge in [0, 0.05) is 18.7 Å². The lowest BCUT2D eigenvalue weighted by atomic mass is 9.94. The Kier molecular flexibility index (Phi) is 2.77. The van der Waals surface area contributed by atoms with Gasteiger partial charge in [0.2, 0.25) is 17.8 Å². The van der Waals surface area contributed by atoms with Crippen molar-refractivity contribution in [1.82, 2.24) is 10.2 Å². The minimum Gasteiger partial charge on any atom is -0.295 e. The molecule has 1 atom stereocenters. The molecular weight excluding hydrogens is 249 g/mol. The fraction of sp³-hybridized carbons (Fsp3) is 0.308. The van der Waals surface area contributed by atoms with Gasteiger partial charge in [0.05, 0.1) is 0 Å². The number of carbonyl (C=O) groups is 2. The van der Waals surface area contributed by atoms with Crippen LogP contribution in [0.4, 0.5) is 4.39 Å². The minimum absolute atomic E-state index is 0.106. The van der Waals surface area contributed by atoms with Gasteiger partial charge in [0.25, 0.3) is 0 Å². The van der Waals surface area contributed by atoms with E-state index < -0.39 is 23.5 Å². The molecule has 1 N–H and O–H groups in total. The molecule has 2 amide bonds. The van der Waals surface area contributed by atoms with E-state index in [0.717, 1.165) is 6.42 Å². The molecule has 0 radical (unpaired) electrons. The largest absolute Gasteiger partial charge is 0.295 e. The molecule has 0 spiro atoms. The molecule has 19 heavy (non-hydrogen) atoms. The van der Waals surface area contributed by atoms with Crippen molar-refractivity contribution in [2.24, 2.45) is 4.99 Å². The summed E-state index contributed by atoms with van der Waals surface area (Å²) < 4.78 is 13.8. The predicted octanol–water partition coefficient (Wildman–Crippen LogP) is 0.627. The fourth-order valence-electron chi connectivity index (χ4n) is 2.36. The van der Waals surface area contributed by atoms with Crippen LogP contribution >= 0.6 is 0 Å². The van der Waals surface area contributed by atoms with Gasteiger partial charge in [0.15, 0.2) is 0 Å². The summed E-state index contributed by atoms with van der Waals surface area (Å²) in [5.74, 6) is -2.32.